The number of methoxy groups -OCH3 is 1. The molecular formula is C17H21N3O5. The van der Waals surface area contributed by atoms with Gasteiger partial charge in [-0.15, -0.1) is 0 Å². The van der Waals surface area contributed by atoms with Crippen molar-refractivity contribution in [1.29, 1.82) is 0 Å². The lowest BCUT2D eigenvalue weighted by Crippen LogP contribution is -2.36. The largest absolute Gasteiger partial charge is 0.383 e. The SMILES string of the molecule is COCCn1c(=O)[nH]c2cc(C(=O)NC[C@H]3CCCO3)ccc2c1=O. The fraction of sp³-hybridized carbons (Fsp3) is 0.471. The molecule has 1 aliphatic rings. The Morgan fingerprint density at radius 2 is 2.28 bits per heavy atom. The van der Waals surface area contributed by atoms with Crippen LogP contribution in [0.25, 0.3) is 10.9 Å². The molecule has 1 aromatic heterocycles. The van der Waals surface area contributed by atoms with Gasteiger partial charge >= 0.3 is 5.69 Å². The number of aromatic nitrogens is 2. The molecule has 1 aromatic carbocycles. The fourth-order valence-corrected chi connectivity index (χ4v) is 2.90. The van der Waals surface area contributed by atoms with Gasteiger partial charge in [-0.05, 0) is 31.0 Å². The highest BCUT2D eigenvalue weighted by molar-refractivity contribution is 5.97. The zero-order valence-electron chi connectivity index (χ0n) is 14.0. The molecule has 1 atom stereocenters. The summed E-state index contributed by atoms with van der Waals surface area (Å²) in [5.74, 6) is -0.262. The topological polar surface area (TPSA) is 102 Å². The monoisotopic (exact) mass is 347 g/mol. The van der Waals surface area contributed by atoms with Crippen molar-refractivity contribution in [3.05, 3.63) is 44.6 Å². The number of ether oxygens (including phenoxy) is 2. The van der Waals surface area contributed by atoms with E-state index in [4.69, 9.17) is 9.47 Å². The summed E-state index contributed by atoms with van der Waals surface area (Å²) in [4.78, 5) is 39.4. The lowest BCUT2D eigenvalue weighted by molar-refractivity contribution is 0.0858. The molecular weight excluding hydrogens is 326 g/mol. The number of benzene rings is 1. The van der Waals surface area contributed by atoms with Crippen LogP contribution in [0.15, 0.2) is 27.8 Å². The molecule has 3 rings (SSSR count). The zero-order valence-corrected chi connectivity index (χ0v) is 14.0. The van der Waals surface area contributed by atoms with Gasteiger partial charge in [-0.3, -0.25) is 14.2 Å². The van der Waals surface area contributed by atoms with E-state index in [9.17, 15) is 14.4 Å². The van der Waals surface area contributed by atoms with Gasteiger partial charge in [0.15, 0.2) is 0 Å². The maximum atomic E-state index is 12.4. The van der Waals surface area contributed by atoms with Crippen LogP contribution < -0.4 is 16.6 Å². The molecule has 0 unspecified atom stereocenters. The minimum absolute atomic E-state index is 0.0530. The Balaban J connectivity index is 1.83. The molecule has 8 heteroatoms. The highest BCUT2D eigenvalue weighted by atomic mass is 16.5. The second-order valence-electron chi connectivity index (χ2n) is 5.99. The molecule has 2 N–H and O–H groups in total. The van der Waals surface area contributed by atoms with Crippen molar-refractivity contribution >= 4 is 16.8 Å². The Bertz CT molecular complexity index is 880. The third-order valence-electron chi connectivity index (χ3n) is 4.28. The first-order chi connectivity index (χ1) is 12.1. The maximum Gasteiger partial charge on any atom is 0.328 e. The van der Waals surface area contributed by atoms with E-state index in [0.29, 0.717) is 23.0 Å². The van der Waals surface area contributed by atoms with E-state index >= 15 is 0 Å². The van der Waals surface area contributed by atoms with E-state index in [2.05, 4.69) is 10.3 Å². The third-order valence-corrected chi connectivity index (χ3v) is 4.28. The van der Waals surface area contributed by atoms with Crippen molar-refractivity contribution in [2.24, 2.45) is 0 Å². The van der Waals surface area contributed by atoms with Gasteiger partial charge in [0.25, 0.3) is 11.5 Å². The third kappa shape index (κ3) is 3.80. The van der Waals surface area contributed by atoms with Crippen LogP contribution in [0, 0.1) is 0 Å². The molecule has 0 spiro atoms. The van der Waals surface area contributed by atoms with Crippen LogP contribution in [0.2, 0.25) is 0 Å². The molecule has 2 aromatic rings. The Labute approximate surface area is 143 Å². The number of carbonyl (C=O) groups excluding carboxylic acids is 1. The first-order valence-electron chi connectivity index (χ1n) is 8.26. The molecule has 25 heavy (non-hydrogen) atoms. The van der Waals surface area contributed by atoms with E-state index < -0.39 is 11.2 Å². The Kier molecular flexibility index (Phi) is 5.30. The van der Waals surface area contributed by atoms with Gasteiger partial charge in [0, 0.05) is 25.8 Å². The number of amides is 1. The lowest BCUT2D eigenvalue weighted by atomic mass is 10.1. The van der Waals surface area contributed by atoms with Crippen LogP contribution in [-0.2, 0) is 16.0 Å². The molecule has 1 amide bonds. The molecule has 0 aliphatic carbocycles. The first-order valence-corrected chi connectivity index (χ1v) is 8.26. The summed E-state index contributed by atoms with van der Waals surface area (Å²) < 4.78 is 11.5. The summed E-state index contributed by atoms with van der Waals surface area (Å²) in [5.41, 5.74) is -0.197. The summed E-state index contributed by atoms with van der Waals surface area (Å²) in [5, 5.41) is 3.17. The minimum Gasteiger partial charge on any atom is -0.383 e. The van der Waals surface area contributed by atoms with Gasteiger partial charge in [-0.1, -0.05) is 0 Å². The van der Waals surface area contributed by atoms with E-state index in [0.717, 1.165) is 24.0 Å². The molecule has 0 bridgehead atoms. The number of carbonyl (C=O) groups is 1. The van der Waals surface area contributed by atoms with Gasteiger partial charge in [0.1, 0.15) is 0 Å². The Morgan fingerprint density at radius 1 is 1.44 bits per heavy atom. The summed E-state index contributed by atoms with van der Waals surface area (Å²) in [6, 6.07) is 4.65. The highest BCUT2D eigenvalue weighted by Gasteiger charge is 2.17. The molecule has 0 saturated carbocycles. The van der Waals surface area contributed by atoms with E-state index in [1.165, 1.54) is 13.2 Å². The summed E-state index contributed by atoms with van der Waals surface area (Å²) in [6.07, 6.45) is 2.00. The normalized spacial score (nSPS) is 17.1. The summed E-state index contributed by atoms with van der Waals surface area (Å²) in [6.45, 7) is 1.61. The predicted molar refractivity (Wildman–Crippen MR) is 92.0 cm³/mol. The van der Waals surface area contributed by atoms with E-state index in [1.807, 2.05) is 0 Å². The van der Waals surface area contributed by atoms with Crippen molar-refractivity contribution in [2.45, 2.75) is 25.5 Å². The number of hydrogen-bond acceptors (Lipinski definition) is 5. The van der Waals surface area contributed by atoms with Crippen molar-refractivity contribution in [3.8, 4) is 0 Å². The van der Waals surface area contributed by atoms with Crippen LogP contribution in [0.1, 0.15) is 23.2 Å². The molecule has 8 nitrogen and oxygen atoms in total. The molecule has 1 saturated heterocycles. The quantitative estimate of drug-likeness (QED) is 0.780. The van der Waals surface area contributed by atoms with Gasteiger partial charge < -0.3 is 19.8 Å². The van der Waals surface area contributed by atoms with Gasteiger partial charge in [0.2, 0.25) is 0 Å². The molecule has 1 fully saturated rings. The molecule has 134 valence electrons. The van der Waals surface area contributed by atoms with Crippen LogP contribution in [0.4, 0.5) is 0 Å². The van der Waals surface area contributed by atoms with Crippen molar-refractivity contribution < 1.29 is 14.3 Å². The second-order valence-corrected chi connectivity index (χ2v) is 5.99. The average Bonchev–Trinajstić information content (AvgIpc) is 3.12. The lowest BCUT2D eigenvalue weighted by Gasteiger charge is -2.11. The van der Waals surface area contributed by atoms with Crippen molar-refractivity contribution in [3.63, 3.8) is 0 Å². The number of rotatable bonds is 6. The van der Waals surface area contributed by atoms with Crippen LogP contribution >= 0.6 is 0 Å². The van der Waals surface area contributed by atoms with Gasteiger partial charge in [-0.2, -0.15) is 0 Å². The Morgan fingerprint density at radius 3 is 3.00 bits per heavy atom. The van der Waals surface area contributed by atoms with Crippen LogP contribution in [0.5, 0.6) is 0 Å². The number of H-pyrrole nitrogens is 1. The van der Waals surface area contributed by atoms with E-state index in [-0.39, 0.29) is 25.2 Å². The van der Waals surface area contributed by atoms with Crippen LogP contribution in [-0.4, -0.2) is 48.4 Å². The predicted octanol–water partition coefficient (Wildman–Crippen LogP) is 0.245. The minimum atomic E-state index is -0.522. The van der Waals surface area contributed by atoms with E-state index in [1.54, 1.807) is 12.1 Å². The number of nitrogens with one attached hydrogen (secondary N) is 2. The first kappa shape index (κ1) is 17.4. The van der Waals surface area contributed by atoms with Crippen molar-refractivity contribution in [2.75, 3.05) is 26.9 Å². The Hall–Kier alpha value is -2.45. The number of nitrogens with zero attached hydrogens (tertiary/aromatic N) is 1. The van der Waals surface area contributed by atoms with Crippen molar-refractivity contribution in [1.82, 2.24) is 14.9 Å². The fourth-order valence-electron chi connectivity index (χ4n) is 2.90. The number of fused-ring (bicyclic) bond motifs is 1. The van der Waals surface area contributed by atoms with Gasteiger partial charge in [0.05, 0.1) is 30.2 Å². The van der Waals surface area contributed by atoms with Crippen LogP contribution in [0.3, 0.4) is 0 Å². The number of hydrogen-bond donors (Lipinski definition) is 2. The zero-order chi connectivity index (χ0) is 17.8. The standard InChI is InChI=1S/C17H21N3O5/c1-24-8-6-20-16(22)13-5-4-11(9-14(13)19-17(20)23)15(21)18-10-12-3-2-7-25-12/h4-5,9,12H,2-3,6-8,10H2,1H3,(H,18,21)(H,19,23)/t12-/m1/s1. The smallest absolute Gasteiger partial charge is 0.328 e. The average molecular weight is 347 g/mol. The summed E-state index contributed by atoms with van der Waals surface area (Å²) >= 11 is 0. The summed E-state index contributed by atoms with van der Waals surface area (Å²) in [7, 11) is 1.50. The number of aromatic amines is 1. The molecule has 0 radical (unpaired) electrons. The molecule has 1 aliphatic heterocycles. The highest BCUT2D eigenvalue weighted by Crippen LogP contribution is 2.12. The maximum absolute atomic E-state index is 12.4. The molecule has 2 heterocycles. The second kappa shape index (κ2) is 7.62. The van der Waals surface area contributed by atoms with Gasteiger partial charge in [-0.25, -0.2) is 4.79 Å².